The van der Waals surface area contributed by atoms with Crippen LogP contribution in [0.3, 0.4) is 0 Å². The van der Waals surface area contributed by atoms with Crippen LogP contribution < -0.4 is 67.1 Å². The van der Waals surface area contributed by atoms with E-state index in [1.807, 2.05) is 0 Å². The average Bonchev–Trinajstić information content (AvgIpc) is 2.20. The molecule has 0 amide bonds. The fourth-order valence-corrected chi connectivity index (χ4v) is 0. The van der Waals surface area contributed by atoms with Crippen LogP contribution in [0.2, 0.25) is 0 Å². The van der Waals surface area contributed by atoms with Crippen molar-refractivity contribution in [1.29, 1.82) is 0 Å². The fraction of sp³-hybridized carbons (Fsp3) is 0. The van der Waals surface area contributed by atoms with Crippen LogP contribution in [0.1, 0.15) is 0 Å². The van der Waals surface area contributed by atoms with Crippen molar-refractivity contribution in [3.05, 3.63) is 0 Å². The summed E-state index contributed by atoms with van der Waals surface area (Å²) in [6, 6.07) is 0. The van der Waals surface area contributed by atoms with Gasteiger partial charge in [-0.15, -0.1) is 0 Å². The SMILES string of the molecule is O=[Si]([O-])[O-].O=[Si]([O-])[O-].O=[Si]([O-])[O-].O=[Si]([O-])[O-].O=[Si]([O-])[O-].O=[Si]([O-])[O-].O=[Si]([O-])[O-].[Gd+3].[Gd+3].[Ti+4].[Ti+4]. The van der Waals surface area contributed by atoms with Gasteiger partial charge in [0.1, 0.15) is 0 Å². The molecule has 0 saturated carbocycles. The van der Waals surface area contributed by atoms with Crippen molar-refractivity contribution in [2.45, 2.75) is 0 Å². The quantitative estimate of drug-likeness (QED) is 0.203. The van der Waals surface area contributed by atoms with E-state index in [-0.39, 0.29) is 123 Å². The first-order valence-corrected chi connectivity index (χ1v) is 12.9. The summed E-state index contributed by atoms with van der Waals surface area (Å²) in [5, 5.41) is 0. The zero-order chi connectivity index (χ0) is 25.0. The van der Waals surface area contributed by atoms with Gasteiger partial charge in [0.05, 0.1) is 0 Å². The van der Waals surface area contributed by atoms with Crippen LogP contribution in [0.15, 0.2) is 0 Å². The molecular formula is Gd2O21Si7Ti2. The molecule has 0 rings (SSSR count). The van der Waals surface area contributed by atoms with Crippen LogP contribution in [0.4, 0.5) is 0 Å². The third-order valence-corrected chi connectivity index (χ3v) is 0. The fourth-order valence-electron chi connectivity index (χ4n) is 0. The van der Waals surface area contributed by atoms with Gasteiger partial charge in [-0.25, -0.2) is 0 Å². The Morgan fingerprint density at radius 2 is 0.250 bits per heavy atom. The van der Waals surface area contributed by atoms with E-state index in [0.717, 1.165) is 0 Å². The molecule has 0 aromatic rings. The predicted octanol–water partition coefficient (Wildman–Crippen LogP) is -20.1. The summed E-state index contributed by atoms with van der Waals surface area (Å²) in [4.78, 5) is 119. The van der Waals surface area contributed by atoms with Crippen molar-refractivity contribution < 1.29 is 222 Å². The maximum absolute atomic E-state index is 8.52. The summed E-state index contributed by atoms with van der Waals surface area (Å²) in [7, 11) is -25.4. The molecule has 2 radical (unpaired) electrons. The second kappa shape index (κ2) is 63.7. The van der Waals surface area contributed by atoms with Crippen molar-refractivity contribution in [2.75, 3.05) is 0 Å². The number of hydrogen-bond acceptors (Lipinski definition) is 21. The van der Waals surface area contributed by atoms with Crippen molar-refractivity contribution in [3.8, 4) is 0 Å². The Kier molecular flexibility index (Phi) is 139. The van der Waals surface area contributed by atoms with Gasteiger partial charge >= 0.3 is 123 Å². The zero-order valence-electron chi connectivity index (χ0n) is 13.8. The van der Waals surface area contributed by atoms with E-state index in [9.17, 15) is 0 Å². The topological polar surface area (TPSA) is 442 Å². The van der Waals surface area contributed by atoms with E-state index in [1.54, 1.807) is 0 Å². The van der Waals surface area contributed by atoms with Gasteiger partial charge < -0.3 is 98.4 Å². The summed E-state index contributed by atoms with van der Waals surface area (Å²) in [5.74, 6) is 0. The largest absolute Gasteiger partial charge is 4.00 e. The Hall–Kier alpha value is 1.40. The summed E-state index contributed by atoms with van der Waals surface area (Å²) in [6.07, 6.45) is 0. The molecule has 0 saturated heterocycles. The molecule has 0 N–H and O–H groups in total. The molecular weight excluding hydrogens is 943 g/mol. The zero-order valence-corrected chi connectivity index (χ0v) is 28.4. The average molecular weight is 943 g/mol. The summed E-state index contributed by atoms with van der Waals surface area (Å²) < 4.78 is 59.6. The van der Waals surface area contributed by atoms with Crippen LogP contribution in [0.5, 0.6) is 0 Å². The van der Waals surface area contributed by atoms with Crippen molar-refractivity contribution in [2.24, 2.45) is 0 Å². The molecule has 0 aliphatic carbocycles. The molecule has 0 unspecified atom stereocenters. The van der Waals surface area contributed by atoms with Gasteiger partial charge in [0.25, 0.3) is 0 Å². The maximum Gasteiger partial charge on any atom is 4.00 e. The van der Waals surface area contributed by atoms with Crippen LogP contribution >= 0.6 is 0 Å². The van der Waals surface area contributed by atoms with Crippen molar-refractivity contribution >= 4 is 64.2 Å². The van der Waals surface area contributed by atoms with Crippen molar-refractivity contribution in [1.82, 2.24) is 0 Å². The third kappa shape index (κ3) is 14900. The first-order valence-electron chi connectivity index (χ1n) is 4.29. The van der Waals surface area contributed by atoms with Gasteiger partial charge in [-0.1, -0.05) is 0 Å². The number of rotatable bonds is 0. The normalized spacial score (nSPS) is 5.25. The molecule has 32 heavy (non-hydrogen) atoms. The monoisotopic (exact) mass is 943 g/mol. The van der Waals surface area contributed by atoms with Gasteiger partial charge in [-0.05, 0) is 0 Å². The van der Waals surface area contributed by atoms with E-state index in [4.69, 9.17) is 98.4 Å². The van der Waals surface area contributed by atoms with Crippen LogP contribution in [0, 0.1) is 79.9 Å². The third-order valence-electron chi connectivity index (χ3n) is 0. The van der Waals surface area contributed by atoms with E-state index in [1.165, 1.54) is 0 Å². The predicted molar refractivity (Wildman–Crippen MR) is 45.1 cm³/mol. The Morgan fingerprint density at radius 3 is 0.250 bits per heavy atom. The van der Waals surface area contributed by atoms with Gasteiger partial charge in [-0.3, -0.25) is 0 Å². The van der Waals surface area contributed by atoms with Crippen LogP contribution in [-0.2, 0) is 74.7 Å². The second-order valence-electron chi connectivity index (χ2n) is 1.75. The minimum Gasteiger partial charge on any atom is -0.672 e. The van der Waals surface area contributed by atoms with Gasteiger partial charge in [-0.2, -0.15) is 0 Å². The molecule has 0 heterocycles. The molecule has 0 aliphatic rings. The molecule has 0 fully saturated rings. The Bertz CT molecular complexity index is 323. The summed E-state index contributed by atoms with van der Waals surface area (Å²) in [5.41, 5.74) is 0. The van der Waals surface area contributed by atoms with Crippen LogP contribution in [0.25, 0.3) is 0 Å². The summed E-state index contributed by atoms with van der Waals surface area (Å²) in [6.45, 7) is 0. The van der Waals surface area contributed by atoms with E-state index >= 15 is 0 Å². The van der Waals surface area contributed by atoms with E-state index < -0.39 is 64.2 Å². The minimum atomic E-state index is -3.63. The number of hydrogen-bond donors (Lipinski definition) is 0. The molecule has 21 nitrogen and oxygen atoms in total. The molecule has 32 heteroatoms. The molecule has 0 bridgehead atoms. The summed E-state index contributed by atoms with van der Waals surface area (Å²) >= 11 is 0. The van der Waals surface area contributed by atoms with Gasteiger partial charge in [0.2, 0.25) is 0 Å². The van der Waals surface area contributed by atoms with Crippen LogP contribution in [-0.4, -0.2) is 64.2 Å². The molecule has 0 aromatic heterocycles. The van der Waals surface area contributed by atoms with Gasteiger partial charge in [0.15, 0.2) is 0 Å². The maximum atomic E-state index is 8.52. The molecule has 0 atom stereocenters. The molecule has 178 valence electrons. The van der Waals surface area contributed by atoms with E-state index in [2.05, 4.69) is 0 Å². The molecule has 0 aromatic carbocycles. The Morgan fingerprint density at radius 1 is 0.250 bits per heavy atom. The smallest absolute Gasteiger partial charge is 0.672 e. The van der Waals surface area contributed by atoms with Gasteiger partial charge in [0, 0.05) is 64.2 Å². The first-order chi connectivity index (χ1) is 12.1. The minimum absolute atomic E-state index is 0. The standard InChI is InChI=1S/2Gd.7O3Si.2Ti/c;;7*1-4(2)3;;/q2*+3;7*-2;2*+4. The molecule has 0 aliphatic heterocycles. The van der Waals surface area contributed by atoms with E-state index in [0.29, 0.717) is 0 Å². The first kappa shape index (κ1) is 69.9. The Labute approximate surface area is 281 Å². The Balaban J connectivity index is -0.0000000175. The molecule has 0 spiro atoms. The second-order valence-corrected chi connectivity index (χ2v) is 5.25. The van der Waals surface area contributed by atoms with Crippen molar-refractivity contribution in [3.63, 3.8) is 0 Å².